The Bertz CT molecular complexity index is 640. The van der Waals surface area contributed by atoms with E-state index in [9.17, 15) is 0 Å². The Kier molecular flexibility index (Phi) is 5.35. The van der Waals surface area contributed by atoms with Crippen molar-refractivity contribution in [3.8, 4) is 11.8 Å². The number of aryl methyl sites for hydroxylation is 1. The maximum Gasteiger partial charge on any atom is 0.123 e. The van der Waals surface area contributed by atoms with E-state index in [1.807, 2.05) is 0 Å². The summed E-state index contributed by atoms with van der Waals surface area (Å²) in [5.74, 6) is 1.42. The molecular weight excluding hydrogens is 280 g/mol. The summed E-state index contributed by atoms with van der Waals surface area (Å²) in [4.78, 5) is 5.35. The van der Waals surface area contributed by atoms with Crippen LogP contribution >= 0.6 is 11.3 Å². The number of ether oxygens (including phenoxy) is 1. The Balaban J connectivity index is 1.96. The molecule has 4 heteroatoms. The lowest BCUT2D eigenvalue weighted by Crippen LogP contribution is -2.04. The third kappa shape index (κ3) is 4.30. The quantitative estimate of drug-likeness (QED) is 0.800. The number of benzene rings is 1. The lowest BCUT2D eigenvalue weighted by atomic mass is 10.0. The molecule has 0 radical (unpaired) electrons. The van der Waals surface area contributed by atoms with Crippen molar-refractivity contribution in [1.29, 1.82) is 5.26 Å². The van der Waals surface area contributed by atoms with Crippen molar-refractivity contribution in [2.45, 2.75) is 39.5 Å². The van der Waals surface area contributed by atoms with Crippen molar-refractivity contribution < 1.29 is 4.74 Å². The lowest BCUT2D eigenvalue weighted by molar-refractivity contribution is 0.317. The number of rotatable bonds is 6. The lowest BCUT2D eigenvalue weighted by Gasteiger charge is -2.14. The van der Waals surface area contributed by atoms with Gasteiger partial charge in [-0.2, -0.15) is 5.26 Å². The van der Waals surface area contributed by atoms with E-state index >= 15 is 0 Å². The monoisotopic (exact) mass is 300 g/mol. The second-order valence-corrected chi connectivity index (χ2v) is 6.55. The molecule has 0 amide bonds. The van der Waals surface area contributed by atoms with Crippen LogP contribution in [0.5, 0.6) is 5.75 Å². The minimum Gasteiger partial charge on any atom is -0.493 e. The molecule has 2 aromatic rings. The Morgan fingerprint density at radius 3 is 2.90 bits per heavy atom. The van der Waals surface area contributed by atoms with Gasteiger partial charge in [-0.05, 0) is 30.0 Å². The van der Waals surface area contributed by atoms with Crippen LogP contribution in [-0.2, 0) is 12.8 Å². The van der Waals surface area contributed by atoms with E-state index in [1.54, 1.807) is 17.5 Å². The molecular formula is C17H20N2OS. The standard InChI is InChI=1S/C17H20N2OS/c1-12(2)15-5-4-13(3)10-16(15)20-9-7-17-19-11-14(21-17)6-8-18/h4-5,10-12H,6-7,9H2,1-3H3. The van der Waals surface area contributed by atoms with Crippen LogP contribution in [0.25, 0.3) is 0 Å². The molecule has 0 bridgehead atoms. The highest BCUT2D eigenvalue weighted by Crippen LogP contribution is 2.27. The SMILES string of the molecule is Cc1ccc(C(C)C)c(OCCc2ncc(CC#N)s2)c1. The van der Waals surface area contributed by atoms with E-state index in [0.29, 0.717) is 18.9 Å². The van der Waals surface area contributed by atoms with E-state index in [-0.39, 0.29) is 0 Å². The molecule has 1 heterocycles. The summed E-state index contributed by atoms with van der Waals surface area (Å²) in [6.07, 6.45) is 3.00. The van der Waals surface area contributed by atoms with Crippen LogP contribution in [0.1, 0.15) is 40.8 Å². The molecule has 0 spiro atoms. The fourth-order valence-electron chi connectivity index (χ4n) is 2.12. The summed E-state index contributed by atoms with van der Waals surface area (Å²) in [5.41, 5.74) is 2.45. The highest BCUT2D eigenvalue weighted by molar-refractivity contribution is 7.11. The molecule has 1 aromatic heterocycles. The van der Waals surface area contributed by atoms with Gasteiger partial charge >= 0.3 is 0 Å². The zero-order valence-electron chi connectivity index (χ0n) is 12.7. The predicted molar refractivity (Wildman–Crippen MR) is 85.9 cm³/mol. The number of thiazole rings is 1. The third-order valence-electron chi connectivity index (χ3n) is 3.22. The molecule has 0 aliphatic heterocycles. The van der Waals surface area contributed by atoms with Crippen molar-refractivity contribution in [3.63, 3.8) is 0 Å². The number of aromatic nitrogens is 1. The Morgan fingerprint density at radius 1 is 1.38 bits per heavy atom. The smallest absolute Gasteiger partial charge is 0.123 e. The van der Waals surface area contributed by atoms with Gasteiger partial charge in [0.1, 0.15) is 5.75 Å². The zero-order chi connectivity index (χ0) is 15.2. The molecule has 0 fully saturated rings. The molecule has 0 saturated heterocycles. The van der Waals surface area contributed by atoms with Crippen molar-refractivity contribution in [2.24, 2.45) is 0 Å². The van der Waals surface area contributed by atoms with Crippen LogP contribution in [0.4, 0.5) is 0 Å². The summed E-state index contributed by atoms with van der Waals surface area (Å²) >= 11 is 1.59. The summed E-state index contributed by atoms with van der Waals surface area (Å²) in [6, 6.07) is 8.50. The first kappa shape index (κ1) is 15.5. The maximum absolute atomic E-state index is 8.67. The van der Waals surface area contributed by atoms with Gasteiger partial charge in [0, 0.05) is 17.5 Å². The maximum atomic E-state index is 8.67. The minimum atomic E-state index is 0.438. The molecule has 0 aliphatic carbocycles. The van der Waals surface area contributed by atoms with Gasteiger partial charge in [0.05, 0.1) is 24.1 Å². The van der Waals surface area contributed by atoms with Gasteiger partial charge < -0.3 is 4.74 Å². The average Bonchev–Trinajstić information content (AvgIpc) is 2.86. The molecule has 110 valence electrons. The van der Waals surface area contributed by atoms with E-state index < -0.39 is 0 Å². The van der Waals surface area contributed by atoms with Gasteiger partial charge in [0.25, 0.3) is 0 Å². The second kappa shape index (κ2) is 7.24. The van der Waals surface area contributed by atoms with Crippen molar-refractivity contribution in [3.05, 3.63) is 45.4 Å². The molecule has 0 aliphatic rings. The zero-order valence-corrected chi connectivity index (χ0v) is 13.5. The third-order valence-corrected chi connectivity index (χ3v) is 4.28. The van der Waals surface area contributed by atoms with Gasteiger partial charge in [-0.15, -0.1) is 11.3 Å². The van der Waals surface area contributed by atoms with Crippen LogP contribution in [0.2, 0.25) is 0 Å². The first-order valence-electron chi connectivity index (χ1n) is 7.14. The molecule has 3 nitrogen and oxygen atoms in total. The van der Waals surface area contributed by atoms with Gasteiger partial charge in [-0.1, -0.05) is 26.0 Å². The molecule has 0 unspecified atom stereocenters. The van der Waals surface area contributed by atoms with Gasteiger partial charge in [-0.25, -0.2) is 4.98 Å². The fraction of sp³-hybridized carbons (Fsp3) is 0.412. The fourth-order valence-corrected chi connectivity index (χ4v) is 2.95. The van der Waals surface area contributed by atoms with E-state index in [0.717, 1.165) is 22.1 Å². The first-order chi connectivity index (χ1) is 10.1. The van der Waals surface area contributed by atoms with Gasteiger partial charge in [-0.3, -0.25) is 0 Å². The van der Waals surface area contributed by atoms with Gasteiger partial charge in [0.2, 0.25) is 0 Å². The normalized spacial score (nSPS) is 10.6. The largest absolute Gasteiger partial charge is 0.493 e. The predicted octanol–water partition coefficient (Wildman–Crippen LogP) is 4.26. The van der Waals surface area contributed by atoms with E-state index in [2.05, 4.69) is 50.0 Å². The first-order valence-corrected chi connectivity index (χ1v) is 7.95. The van der Waals surface area contributed by atoms with Crippen molar-refractivity contribution >= 4 is 11.3 Å². The number of nitriles is 1. The van der Waals surface area contributed by atoms with Crippen LogP contribution in [-0.4, -0.2) is 11.6 Å². The van der Waals surface area contributed by atoms with Crippen LogP contribution < -0.4 is 4.74 Å². The summed E-state index contributed by atoms with van der Waals surface area (Å²) in [6.45, 7) is 7.04. The molecule has 0 atom stereocenters. The van der Waals surface area contributed by atoms with Gasteiger partial charge in [0.15, 0.2) is 0 Å². The Labute approximate surface area is 130 Å². The highest BCUT2D eigenvalue weighted by atomic mass is 32.1. The Hall–Kier alpha value is -1.86. The molecule has 2 rings (SSSR count). The van der Waals surface area contributed by atoms with Crippen LogP contribution in [0, 0.1) is 18.3 Å². The summed E-state index contributed by atoms with van der Waals surface area (Å²) < 4.78 is 5.95. The van der Waals surface area contributed by atoms with Crippen molar-refractivity contribution in [1.82, 2.24) is 4.98 Å². The summed E-state index contributed by atoms with van der Waals surface area (Å²) in [5, 5.41) is 9.69. The highest BCUT2D eigenvalue weighted by Gasteiger charge is 2.09. The van der Waals surface area contributed by atoms with Crippen LogP contribution in [0.15, 0.2) is 24.4 Å². The summed E-state index contributed by atoms with van der Waals surface area (Å²) in [7, 11) is 0. The second-order valence-electron chi connectivity index (χ2n) is 5.35. The molecule has 1 aromatic carbocycles. The minimum absolute atomic E-state index is 0.438. The van der Waals surface area contributed by atoms with E-state index in [1.165, 1.54) is 11.1 Å². The number of hydrogen-bond acceptors (Lipinski definition) is 4. The topological polar surface area (TPSA) is 45.9 Å². The molecule has 0 N–H and O–H groups in total. The number of hydrogen-bond donors (Lipinski definition) is 0. The van der Waals surface area contributed by atoms with Crippen molar-refractivity contribution in [2.75, 3.05) is 6.61 Å². The van der Waals surface area contributed by atoms with Crippen LogP contribution in [0.3, 0.4) is 0 Å². The molecule has 21 heavy (non-hydrogen) atoms. The van der Waals surface area contributed by atoms with E-state index in [4.69, 9.17) is 10.00 Å². The average molecular weight is 300 g/mol. The molecule has 0 saturated carbocycles. The Morgan fingerprint density at radius 2 is 2.19 bits per heavy atom. The number of nitrogens with zero attached hydrogens (tertiary/aromatic N) is 2.